The molecule has 0 aromatic heterocycles. The SMILES string of the molecule is NC(=O)NC(Cc1ccccc1)C(=O)N1CCC2(CC1)CC2C(=O)N1CCCC1. The average molecular weight is 399 g/mol. The van der Waals surface area contributed by atoms with Crippen molar-refractivity contribution in [2.75, 3.05) is 26.2 Å². The molecule has 3 N–H and O–H groups in total. The molecule has 2 heterocycles. The molecule has 4 rings (SSSR count). The Hall–Kier alpha value is -2.57. The Labute approximate surface area is 171 Å². The van der Waals surface area contributed by atoms with E-state index in [1.165, 1.54) is 0 Å². The summed E-state index contributed by atoms with van der Waals surface area (Å²) >= 11 is 0. The molecule has 7 nitrogen and oxygen atoms in total. The minimum absolute atomic E-state index is 0.0858. The van der Waals surface area contributed by atoms with Gasteiger partial charge in [0.2, 0.25) is 11.8 Å². The number of carbonyl (C=O) groups excluding carboxylic acids is 3. The summed E-state index contributed by atoms with van der Waals surface area (Å²) in [6.45, 7) is 3.06. The second-order valence-corrected chi connectivity index (χ2v) is 8.73. The topological polar surface area (TPSA) is 95.7 Å². The van der Waals surface area contributed by atoms with Gasteiger partial charge in [0.05, 0.1) is 0 Å². The van der Waals surface area contributed by atoms with Gasteiger partial charge in [-0.3, -0.25) is 9.59 Å². The molecule has 1 aromatic carbocycles. The molecule has 2 saturated heterocycles. The van der Waals surface area contributed by atoms with Crippen LogP contribution in [0.5, 0.6) is 0 Å². The first-order valence-electron chi connectivity index (χ1n) is 10.7. The molecular weight excluding hydrogens is 368 g/mol. The van der Waals surface area contributed by atoms with Crippen molar-refractivity contribution in [2.24, 2.45) is 17.1 Å². The highest BCUT2D eigenvalue weighted by atomic mass is 16.2. The predicted octanol–water partition coefficient (Wildman–Crippen LogP) is 1.52. The Balaban J connectivity index is 1.34. The van der Waals surface area contributed by atoms with E-state index in [4.69, 9.17) is 5.73 Å². The van der Waals surface area contributed by atoms with Crippen LogP contribution in [0.2, 0.25) is 0 Å². The number of piperidine rings is 1. The lowest BCUT2D eigenvalue weighted by Crippen LogP contribution is -2.53. The molecular formula is C22H30N4O3. The number of likely N-dealkylation sites (tertiary alicyclic amines) is 2. The highest BCUT2D eigenvalue weighted by Gasteiger charge is 2.59. The molecule has 0 bridgehead atoms. The number of amides is 4. The predicted molar refractivity (Wildman–Crippen MR) is 109 cm³/mol. The van der Waals surface area contributed by atoms with Gasteiger partial charge in [-0.2, -0.15) is 0 Å². The summed E-state index contributed by atoms with van der Waals surface area (Å²) < 4.78 is 0. The average Bonchev–Trinajstić information content (AvgIpc) is 3.14. The zero-order valence-corrected chi connectivity index (χ0v) is 16.8. The molecule has 0 radical (unpaired) electrons. The molecule has 1 spiro atoms. The number of rotatable bonds is 5. The van der Waals surface area contributed by atoms with E-state index in [1.807, 2.05) is 40.1 Å². The largest absolute Gasteiger partial charge is 0.352 e. The third kappa shape index (κ3) is 4.23. The second kappa shape index (κ2) is 8.05. The van der Waals surface area contributed by atoms with Gasteiger partial charge in [0, 0.05) is 38.5 Å². The number of nitrogens with two attached hydrogens (primary N) is 1. The minimum atomic E-state index is -0.689. The van der Waals surface area contributed by atoms with Crippen molar-refractivity contribution in [3.63, 3.8) is 0 Å². The smallest absolute Gasteiger partial charge is 0.312 e. The maximum Gasteiger partial charge on any atom is 0.312 e. The highest BCUT2D eigenvalue weighted by Crippen LogP contribution is 2.60. The minimum Gasteiger partial charge on any atom is -0.352 e. The van der Waals surface area contributed by atoms with Gasteiger partial charge >= 0.3 is 6.03 Å². The van der Waals surface area contributed by atoms with Crippen LogP contribution in [0.3, 0.4) is 0 Å². The van der Waals surface area contributed by atoms with Crippen LogP contribution in [0, 0.1) is 11.3 Å². The summed E-state index contributed by atoms with van der Waals surface area (Å²) in [5.74, 6) is 0.368. The molecule has 2 unspecified atom stereocenters. The van der Waals surface area contributed by atoms with E-state index in [9.17, 15) is 14.4 Å². The van der Waals surface area contributed by atoms with Crippen molar-refractivity contribution >= 4 is 17.8 Å². The summed E-state index contributed by atoms with van der Waals surface area (Å²) in [6, 6.07) is 8.27. The number of benzene rings is 1. The van der Waals surface area contributed by atoms with E-state index in [-0.39, 0.29) is 17.2 Å². The standard InChI is InChI=1S/C22H30N4O3/c23-21(29)24-18(14-16-6-2-1-3-7-16)20(28)26-12-8-22(9-13-26)15-17(22)19(27)25-10-4-5-11-25/h1-3,6-7,17-18H,4-5,8-15H2,(H3,23,24,29). The summed E-state index contributed by atoms with van der Waals surface area (Å²) in [5.41, 5.74) is 6.38. The molecule has 4 amide bonds. The molecule has 2 atom stereocenters. The summed E-state index contributed by atoms with van der Waals surface area (Å²) in [4.78, 5) is 41.1. The fraction of sp³-hybridized carbons (Fsp3) is 0.591. The van der Waals surface area contributed by atoms with Gasteiger partial charge in [-0.15, -0.1) is 0 Å². The number of primary amides is 1. The van der Waals surface area contributed by atoms with E-state index in [2.05, 4.69) is 5.32 Å². The van der Waals surface area contributed by atoms with Gasteiger partial charge in [-0.05, 0) is 43.1 Å². The number of hydrogen-bond donors (Lipinski definition) is 2. The van der Waals surface area contributed by atoms with Crippen molar-refractivity contribution in [3.8, 4) is 0 Å². The van der Waals surface area contributed by atoms with Gasteiger partial charge in [0.1, 0.15) is 6.04 Å². The Morgan fingerprint density at radius 1 is 1.03 bits per heavy atom. The van der Waals surface area contributed by atoms with Crippen LogP contribution >= 0.6 is 0 Å². The normalized spacial score (nSPS) is 23.7. The monoisotopic (exact) mass is 398 g/mol. The number of nitrogens with zero attached hydrogens (tertiary/aromatic N) is 2. The number of hydrogen-bond acceptors (Lipinski definition) is 3. The number of carbonyl (C=O) groups is 3. The molecule has 29 heavy (non-hydrogen) atoms. The third-order valence-corrected chi connectivity index (χ3v) is 6.87. The molecule has 3 aliphatic rings. The quantitative estimate of drug-likeness (QED) is 0.787. The fourth-order valence-electron chi connectivity index (χ4n) is 5.02. The van der Waals surface area contributed by atoms with Crippen LogP contribution in [0.4, 0.5) is 4.79 Å². The van der Waals surface area contributed by atoms with E-state index >= 15 is 0 Å². The third-order valence-electron chi connectivity index (χ3n) is 6.87. The van der Waals surface area contributed by atoms with Crippen LogP contribution in [0.25, 0.3) is 0 Å². The van der Waals surface area contributed by atoms with Gasteiger partial charge in [0.15, 0.2) is 0 Å². The number of nitrogens with one attached hydrogen (secondary N) is 1. The lowest BCUT2D eigenvalue weighted by Gasteiger charge is -2.35. The van der Waals surface area contributed by atoms with E-state index < -0.39 is 12.1 Å². The second-order valence-electron chi connectivity index (χ2n) is 8.73. The zero-order chi connectivity index (χ0) is 20.4. The lowest BCUT2D eigenvalue weighted by molar-refractivity contribution is -0.135. The molecule has 1 aliphatic carbocycles. The van der Waals surface area contributed by atoms with Crippen LogP contribution in [-0.4, -0.2) is 59.9 Å². The first kappa shape index (κ1) is 19.7. The van der Waals surface area contributed by atoms with E-state index in [1.54, 1.807) is 0 Å². The maximum atomic E-state index is 13.1. The van der Waals surface area contributed by atoms with Crippen LogP contribution < -0.4 is 11.1 Å². The first-order valence-corrected chi connectivity index (χ1v) is 10.7. The summed E-state index contributed by atoms with van der Waals surface area (Å²) in [7, 11) is 0. The van der Waals surface area contributed by atoms with Crippen LogP contribution in [-0.2, 0) is 16.0 Å². The molecule has 2 aliphatic heterocycles. The van der Waals surface area contributed by atoms with Crippen molar-refractivity contribution in [3.05, 3.63) is 35.9 Å². The Morgan fingerprint density at radius 2 is 1.69 bits per heavy atom. The molecule has 1 saturated carbocycles. The van der Waals surface area contributed by atoms with Crippen LogP contribution in [0.15, 0.2) is 30.3 Å². The lowest BCUT2D eigenvalue weighted by atomic mass is 9.90. The molecule has 7 heteroatoms. The van der Waals surface area contributed by atoms with Crippen molar-refractivity contribution in [1.29, 1.82) is 0 Å². The van der Waals surface area contributed by atoms with Gasteiger partial charge in [0.25, 0.3) is 0 Å². The Morgan fingerprint density at radius 3 is 2.31 bits per heavy atom. The van der Waals surface area contributed by atoms with Crippen molar-refractivity contribution in [1.82, 2.24) is 15.1 Å². The van der Waals surface area contributed by atoms with Crippen LogP contribution in [0.1, 0.15) is 37.7 Å². The van der Waals surface area contributed by atoms with Crippen molar-refractivity contribution in [2.45, 2.75) is 44.6 Å². The van der Waals surface area contributed by atoms with Gasteiger partial charge < -0.3 is 20.9 Å². The first-order chi connectivity index (χ1) is 14.0. The summed E-state index contributed by atoms with van der Waals surface area (Å²) in [6.07, 6.45) is 5.32. The van der Waals surface area contributed by atoms with Crippen molar-refractivity contribution < 1.29 is 14.4 Å². The molecule has 156 valence electrons. The zero-order valence-electron chi connectivity index (χ0n) is 16.8. The Kier molecular flexibility index (Phi) is 5.48. The van der Waals surface area contributed by atoms with Gasteiger partial charge in [-0.25, -0.2) is 4.79 Å². The highest BCUT2D eigenvalue weighted by molar-refractivity contribution is 5.87. The van der Waals surface area contributed by atoms with E-state index in [0.29, 0.717) is 25.4 Å². The van der Waals surface area contributed by atoms with E-state index in [0.717, 1.165) is 50.8 Å². The Bertz CT molecular complexity index is 768. The van der Waals surface area contributed by atoms with Gasteiger partial charge in [-0.1, -0.05) is 30.3 Å². The maximum absolute atomic E-state index is 13.1. The molecule has 3 fully saturated rings. The fourth-order valence-corrected chi connectivity index (χ4v) is 5.02. The number of urea groups is 1. The summed E-state index contributed by atoms with van der Waals surface area (Å²) in [5, 5.41) is 2.61. The molecule has 1 aromatic rings.